The molecule has 0 aromatic heterocycles. The maximum atomic E-state index is 11.5. The first-order valence-corrected chi connectivity index (χ1v) is 5.57. The van der Waals surface area contributed by atoms with Gasteiger partial charge in [0.1, 0.15) is 0 Å². The van der Waals surface area contributed by atoms with E-state index < -0.39 is 0 Å². The van der Waals surface area contributed by atoms with Crippen molar-refractivity contribution in [3.05, 3.63) is 11.6 Å². The van der Waals surface area contributed by atoms with Crippen molar-refractivity contribution in [2.75, 3.05) is 0 Å². The third-order valence-corrected chi connectivity index (χ3v) is 3.14. The Bertz CT molecular complexity index is 224. The Morgan fingerprint density at radius 1 is 1.29 bits per heavy atom. The first kappa shape index (κ1) is 11.3. The van der Waals surface area contributed by atoms with Crippen LogP contribution in [0.3, 0.4) is 0 Å². The van der Waals surface area contributed by atoms with Crippen molar-refractivity contribution in [3.63, 3.8) is 0 Å². The molecule has 0 bridgehead atoms. The van der Waals surface area contributed by atoms with Crippen LogP contribution in [0.15, 0.2) is 11.6 Å². The second-order valence-corrected chi connectivity index (χ2v) is 4.40. The molecule has 0 aromatic carbocycles. The van der Waals surface area contributed by atoms with E-state index in [4.69, 9.17) is 0 Å². The molecule has 0 heterocycles. The molecule has 1 amide bonds. The highest BCUT2D eigenvalue weighted by molar-refractivity contribution is 5.92. The van der Waals surface area contributed by atoms with E-state index in [1.165, 1.54) is 12.8 Å². The standard InChI is InChI=1S/C12H21NO/c1-4-10(3)12(14)13-11-7-5-9(2)6-8-11/h4,9,11H,5-8H2,1-3H3,(H,13,14)/b10-4+/t9-,11+. The Balaban J connectivity index is 2.35. The van der Waals surface area contributed by atoms with Crippen molar-refractivity contribution in [2.24, 2.45) is 5.92 Å². The Morgan fingerprint density at radius 2 is 1.86 bits per heavy atom. The number of carbonyl (C=O) groups excluding carboxylic acids is 1. The minimum Gasteiger partial charge on any atom is -0.350 e. The quantitative estimate of drug-likeness (QED) is 0.674. The number of hydrogen-bond donors (Lipinski definition) is 1. The molecular formula is C12H21NO. The molecule has 2 heteroatoms. The van der Waals surface area contributed by atoms with Gasteiger partial charge in [-0.25, -0.2) is 0 Å². The van der Waals surface area contributed by atoms with Crippen LogP contribution in [0.4, 0.5) is 0 Å². The van der Waals surface area contributed by atoms with Crippen molar-refractivity contribution in [1.82, 2.24) is 5.32 Å². The lowest BCUT2D eigenvalue weighted by atomic mass is 9.87. The summed E-state index contributed by atoms with van der Waals surface area (Å²) in [6.45, 7) is 6.05. The first-order chi connectivity index (χ1) is 6.63. The van der Waals surface area contributed by atoms with Gasteiger partial charge >= 0.3 is 0 Å². The topological polar surface area (TPSA) is 29.1 Å². The molecule has 80 valence electrons. The van der Waals surface area contributed by atoms with Crippen LogP contribution in [0.2, 0.25) is 0 Å². The molecule has 1 N–H and O–H groups in total. The van der Waals surface area contributed by atoms with Crippen LogP contribution >= 0.6 is 0 Å². The summed E-state index contributed by atoms with van der Waals surface area (Å²) in [5.74, 6) is 0.943. The Morgan fingerprint density at radius 3 is 2.36 bits per heavy atom. The normalized spacial score (nSPS) is 28.6. The molecule has 0 spiro atoms. The highest BCUT2D eigenvalue weighted by Crippen LogP contribution is 2.23. The SMILES string of the molecule is C/C=C(\C)C(=O)N[C@H]1CC[C@@H](C)CC1. The van der Waals surface area contributed by atoms with Gasteiger partial charge in [-0.15, -0.1) is 0 Å². The summed E-state index contributed by atoms with van der Waals surface area (Å²) in [4.78, 5) is 11.5. The monoisotopic (exact) mass is 195 g/mol. The predicted molar refractivity (Wildman–Crippen MR) is 59.0 cm³/mol. The Hall–Kier alpha value is -0.790. The maximum Gasteiger partial charge on any atom is 0.246 e. The molecule has 1 fully saturated rings. The second kappa shape index (κ2) is 5.18. The average molecular weight is 195 g/mol. The maximum absolute atomic E-state index is 11.5. The number of amides is 1. The van der Waals surface area contributed by atoms with E-state index >= 15 is 0 Å². The summed E-state index contributed by atoms with van der Waals surface area (Å²) >= 11 is 0. The summed E-state index contributed by atoms with van der Waals surface area (Å²) in [6, 6.07) is 0.411. The lowest BCUT2D eigenvalue weighted by Crippen LogP contribution is -2.37. The van der Waals surface area contributed by atoms with Crippen LogP contribution in [0.25, 0.3) is 0 Å². The van der Waals surface area contributed by atoms with Crippen molar-refractivity contribution < 1.29 is 4.79 Å². The number of hydrogen-bond acceptors (Lipinski definition) is 1. The summed E-state index contributed by atoms with van der Waals surface area (Å²) in [5.41, 5.74) is 0.823. The highest BCUT2D eigenvalue weighted by Gasteiger charge is 2.19. The first-order valence-electron chi connectivity index (χ1n) is 5.57. The molecule has 0 aromatic rings. The third kappa shape index (κ3) is 3.17. The van der Waals surface area contributed by atoms with Crippen molar-refractivity contribution in [1.29, 1.82) is 0 Å². The molecule has 1 rings (SSSR count). The van der Waals surface area contributed by atoms with Gasteiger partial charge in [-0.1, -0.05) is 13.0 Å². The Kier molecular flexibility index (Phi) is 4.18. The molecule has 0 saturated heterocycles. The minimum atomic E-state index is 0.104. The molecule has 2 nitrogen and oxygen atoms in total. The average Bonchev–Trinajstić information content (AvgIpc) is 2.20. The van der Waals surface area contributed by atoms with Crippen LogP contribution in [-0.4, -0.2) is 11.9 Å². The van der Waals surface area contributed by atoms with Crippen LogP contribution in [-0.2, 0) is 4.79 Å². The molecule has 1 saturated carbocycles. The zero-order chi connectivity index (χ0) is 10.6. The van der Waals surface area contributed by atoms with E-state index in [-0.39, 0.29) is 5.91 Å². The molecule has 0 atom stereocenters. The van der Waals surface area contributed by atoms with Gasteiger partial charge in [0, 0.05) is 11.6 Å². The largest absolute Gasteiger partial charge is 0.350 e. The van der Waals surface area contributed by atoms with Gasteiger partial charge in [-0.3, -0.25) is 4.79 Å². The highest BCUT2D eigenvalue weighted by atomic mass is 16.1. The lowest BCUT2D eigenvalue weighted by Gasteiger charge is -2.26. The second-order valence-electron chi connectivity index (χ2n) is 4.40. The van der Waals surface area contributed by atoms with Crippen LogP contribution in [0, 0.1) is 5.92 Å². The van der Waals surface area contributed by atoms with Gasteiger partial charge in [-0.2, -0.15) is 0 Å². The molecule has 1 aliphatic rings. The van der Waals surface area contributed by atoms with E-state index in [0.717, 1.165) is 24.3 Å². The fraction of sp³-hybridized carbons (Fsp3) is 0.750. The number of nitrogens with one attached hydrogen (secondary N) is 1. The van der Waals surface area contributed by atoms with Crippen molar-refractivity contribution in [3.8, 4) is 0 Å². The predicted octanol–water partition coefficient (Wildman–Crippen LogP) is 2.65. The van der Waals surface area contributed by atoms with Crippen LogP contribution in [0.5, 0.6) is 0 Å². The van der Waals surface area contributed by atoms with E-state index in [9.17, 15) is 4.79 Å². The molecular weight excluding hydrogens is 174 g/mol. The third-order valence-electron chi connectivity index (χ3n) is 3.14. The van der Waals surface area contributed by atoms with Crippen molar-refractivity contribution >= 4 is 5.91 Å². The summed E-state index contributed by atoms with van der Waals surface area (Å²) in [7, 11) is 0. The van der Waals surface area contributed by atoms with E-state index in [1.807, 2.05) is 19.9 Å². The van der Waals surface area contributed by atoms with Gasteiger partial charge in [0.15, 0.2) is 0 Å². The number of carbonyl (C=O) groups is 1. The molecule has 0 aliphatic heterocycles. The van der Waals surface area contributed by atoms with E-state index in [1.54, 1.807) is 0 Å². The molecule has 1 aliphatic carbocycles. The van der Waals surface area contributed by atoms with Crippen molar-refractivity contribution in [2.45, 2.75) is 52.5 Å². The van der Waals surface area contributed by atoms with E-state index in [0.29, 0.717) is 6.04 Å². The zero-order valence-electron chi connectivity index (χ0n) is 9.47. The minimum absolute atomic E-state index is 0.104. The zero-order valence-corrected chi connectivity index (χ0v) is 9.47. The Labute approximate surface area is 86.8 Å². The number of rotatable bonds is 2. The summed E-state index contributed by atoms with van der Waals surface area (Å²) < 4.78 is 0. The fourth-order valence-electron chi connectivity index (χ4n) is 1.83. The smallest absolute Gasteiger partial charge is 0.246 e. The lowest BCUT2D eigenvalue weighted by molar-refractivity contribution is -0.118. The van der Waals surface area contributed by atoms with Crippen LogP contribution in [0.1, 0.15) is 46.5 Å². The summed E-state index contributed by atoms with van der Waals surface area (Å²) in [6.07, 6.45) is 6.65. The van der Waals surface area contributed by atoms with Gasteiger partial charge in [0.25, 0.3) is 0 Å². The van der Waals surface area contributed by atoms with E-state index in [2.05, 4.69) is 12.2 Å². The van der Waals surface area contributed by atoms with Gasteiger partial charge in [0.05, 0.1) is 0 Å². The van der Waals surface area contributed by atoms with Gasteiger partial charge < -0.3 is 5.32 Å². The van der Waals surface area contributed by atoms with Gasteiger partial charge in [0.2, 0.25) is 5.91 Å². The molecule has 0 radical (unpaired) electrons. The summed E-state index contributed by atoms with van der Waals surface area (Å²) in [5, 5.41) is 3.08. The van der Waals surface area contributed by atoms with Gasteiger partial charge in [-0.05, 0) is 45.4 Å². The number of allylic oxidation sites excluding steroid dienone is 1. The fourth-order valence-corrected chi connectivity index (χ4v) is 1.83. The molecule has 14 heavy (non-hydrogen) atoms. The molecule has 0 unspecified atom stereocenters. The van der Waals surface area contributed by atoms with Crippen LogP contribution < -0.4 is 5.32 Å².